The maximum atomic E-state index is 14.0. The van der Waals surface area contributed by atoms with Crippen molar-refractivity contribution in [3.05, 3.63) is 35.1 Å². The van der Waals surface area contributed by atoms with Crippen LogP contribution in [0.1, 0.15) is 29.9 Å². The molecule has 0 radical (unpaired) electrons. The van der Waals surface area contributed by atoms with Crippen molar-refractivity contribution >= 4 is 5.96 Å². The van der Waals surface area contributed by atoms with Crippen molar-refractivity contribution < 1.29 is 4.39 Å². The second-order valence-electron chi connectivity index (χ2n) is 5.53. The lowest BCUT2D eigenvalue weighted by Crippen LogP contribution is -2.35. The van der Waals surface area contributed by atoms with E-state index in [-0.39, 0.29) is 5.82 Å². The second-order valence-corrected chi connectivity index (χ2v) is 5.53. The summed E-state index contributed by atoms with van der Waals surface area (Å²) in [6.45, 7) is 0.377. The van der Waals surface area contributed by atoms with Crippen LogP contribution in [0, 0.1) is 5.82 Å². The lowest BCUT2D eigenvalue weighted by molar-refractivity contribution is 0.478. The highest BCUT2D eigenvalue weighted by molar-refractivity contribution is 5.79. The lowest BCUT2D eigenvalue weighted by atomic mass is 10.1. The first-order chi connectivity index (χ1) is 8.99. The van der Waals surface area contributed by atoms with E-state index in [0.29, 0.717) is 18.0 Å². The van der Waals surface area contributed by atoms with E-state index in [1.54, 1.807) is 6.07 Å². The molecule has 0 amide bonds. The number of halogens is 1. The number of benzene rings is 1. The zero-order valence-corrected chi connectivity index (χ0v) is 12.2. The highest BCUT2D eigenvalue weighted by Gasteiger charge is 2.24. The van der Waals surface area contributed by atoms with Gasteiger partial charge >= 0.3 is 0 Å². The largest absolute Gasteiger partial charge is 0.349 e. The molecule has 2 rings (SSSR count). The number of rotatable bonds is 3. The van der Waals surface area contributed by atoms with Gasteiger partial charge in [-0.1, -0.05) is 12.1 Å². The number of guanidine groups is 1. The molecule has 0 unspecified atom stereocenters. The van der Waals surface area contributed by atoms with Crippen LogP contribution in [0.2, 0.25) is 0 Å². The minimum Gasteiger partial charge on any atom is -0.349 e. The summed E-state index contributed by atoms with van der Waals surface area (Å²) in [5.74, 6) is 1.29. The molecule has 0 spiro atoms. The van der Waals surface area contributed by atoms with Crippen molar-refractivity contribution in [2.45, 2.75) is 25.3 Å². The number of nitrogens with zero attached hydrogens (tertiary/aromatic N) is 3. The quantitative estimate of drug-likeness (QED) is 0.617. The first kappa shape index (κ1) is 13.8. The van der Waals surface area contributed by atoms with E-state index in [0.717, 1.165) is 11.5 Å². The Morgan fingerprint density at radius 2 is 1.84 bits per heavy atom. The molecule has 1 aromatic rings. The third kappa shape index (κ3) is 3.46. The van der Waals surface area contributed by atoms with Crippen LogP contribution >= 0.6 is 0 Å². The van der Waals surface area contributed by atoms with Crippen LogP contribution in [-0.2, 0) is 6.54 Å². The number of aliphatic imine (C=N–C) groups is 1. The van der Waals surface area contributed by atoms with Gasteiger partial charge in [-0.15, -0.1) is 0 Å². The summed E-state index contributed by atoms with van der Waals surface area (Å²) in [6, 6.07) is 5.58. The van der Waals surface area contributed by atoms with Crippen LogP contribution in [0.15, 0.2) is 23.2 Å². The van der Waals surface area contributed by atoms with E-state index in [1.165, 1.54) is 12.8 Å². The highest BCUT2D eigenvalue weighted by Crippen LogP contribution is 2.40. The van der Waals surface area contributed by atoms with Gasteiger partial charge in [0.05, 0.1) is 6.54 Å². The van der Waals surface area contributed by atoms with E-state index >= 15 is 0 Å². The van der Waals surface area contributed by atoms with E-state index in [9.17, 15) is 4.39 Å². The molecule has 0 saturated heterocycles. The van der Waals surface area contributed by atoms with Gasteiger partial charge in [-0.2, -0.15) is 0 Å². The van der Waals surface area contributed by atoms with Gasteiger partial charge in [0, 0.05) is 33.8 Å². The smallest absolute Gasteiger partial charge is 0.195 e. The van der Waals surface area contributed by atoms with Crippen LogP contribution in [-0.4, -0.2) is 44.0 Å². The Balaban J connectivity index is 2.12. The Bertz CT molecular complexity index is 466. The topological polar surface area (TPSA) is 18.8 Å². The van der Waals surface area contributed by atoms with Crippen molar-refractivity contribution in [1.82, 2.24) is 9.80 Å². The molecule has 0 bridgehead atoms. The first-order valence-corrected chi connectivity index (χ1v) is 6.66. The fourth-order valence-electron chi connectivity index (χ4n) is 2.20. The standard InChI is InChI=1S/C15H22FN3/c1-18(2)15(19(3)4)17-10-13-8-7-12(9-14(13)16)11-5-6-11/h7-9,11H,5-6,10H2,1-4H3. The van der Waals surface area contributed by atoms with Crippen molar-refractivity contribution in [2.75, 3.05) is 28.2 Å². The van der Waals surface area contributed by atoms with Crippen LogP contribution in [0.5, 0.6) is 0 Å². The normalized spacial score (nSPS) is 14.2. The minimum atomic E-state index is -0.134. The molecule has 3 nitrogen and oxygen atoms in total. The Morgan fingerprint density at radius 1 is 1.21 bits per heavy atom. The van der Waals surface area contributed by atoms with Crippen LogP contribution in [0.3, 0.4) is 0 Å². The fourth-order valence-corrected chi connectivity index (χ4v) is 2.20. The molecule has 0 atom stereocenters. The van der Waals surface area contributed by atoms with E-state index in [4.69, 9.17) is 0 Å². The molecule has 1 saturated carbocycles. The van der Waals surface area contributed by atoms with Crippen molar-refractivity contribution in [3.63, 3.8) is 0 Å². The number of hydrogen-bond acceptors (Lipinski definition) is 1. The monoisotopic (exact) mass is 263 g/mol. The third-order valence-electron chi connectivity index (χ3n) is 3.32. The zero-order chi connectivity index (χ0) is 14.0. The van der Waals surface area contributed by atoms with Gasteiger partial charge in [-0.05, 0) is 30.4 Å². The van der Waals surface area contributed by atoms with Crippen LogP contribution in [0.4, 0.5) is 4.39 Å². The third-order valence-corrected chi connectivity index (χ3v) is 3.32. The predicted molar refractivity (Wildman–Crippen MR) is 76.9 cm³/mol. The lowest BCUT2D eigenvalue weighted by Gasteiger charge is -2.22. The minimum absolute atomic E-state index is 0.134. The van der Waals surface area contributed by atoms with Crippen molar-refractivity contribution in [1.29, 1.82) is 0 Å². The summed E-state index contributed by atoms with van der Waals surface area (Å²) in [5, 5.41) is 0. The molecule has 1 aliphatic rings. The molecule has 19 heavy (non-hydrogen) atoms. The molecule has 0 N–H and O–H groups in total. The second kappa shape index (κ2) is 5.59. The molecule has 0 aromatic heterocycles. The summed E-state index contributed by atoms with van der Waals surface area (Å²) in [4.78, 5) is 8.33. The average molecular weight is 263 g/mol. The van der Waals surface area contributed by atoms with Crippen molar-refractivity contribution in [2.24, 2.45) is 4.99 Å². The molecular weight excluding hydrogens is 241 g/mol. The Labute approximate surface area is 114 Å². The zero-order valence-electron chi connectivity index (χ0n) is 12.2. The predicted octanol–water partition coefficient (Wildman–Crippen LogP) is 2.68. The van der Waals surface area contributed by atoms with E-state index in [1.807, 2.05) is 50.1 Å². The van der Waals surface area contributed by atoms with Gasteiger partial charge in [0.2, 0.25) is 0 Å². The van der Waals surface area contributed by atoms with Crippen LogP contribution in [0.25, 0.3) is 0 Å². The van der Waals surface area contributed by atoms with E-state index in [2.05, 4.69) is 4.99 Å². The van der Waals surface area contributed by atoms with E-state index < -0.39 is 0 Å². The van der Waals surface area contributed by atoms with Gasteiger partial charge in [0.15, 0.2) is 5.96 Å². The summed E-state index contributed by atoms with van der Waals surface area (Å²) in [5.41, 5.74) is 1.79. The summed E-state index contributed by atoms with van der Waals surface area (Å²) < 4.78 is 14.0. The van der Waals surface area contributed by atoms with Gasteiger partial charge in [-0.3, -0.25) is 0 Å². The summed E-state index contributed by atoms with van der Waals surface area (Å²) in [6.07, 6.45) is 2.39. The number of hydrogen-bond donors (Lipinski definition) is 0. The van der Waals surface area contributed by atoms with Crippen molar-refractivity contribution in [3.8, 4) is 0 Å². The molecular formula is C15H22FN3. The molecule has 0 heterocycles. The SMILES string of the molecule is CN(C)C(=NCc1ccc(C2CC2)cc1F)N(C)C. The molecule has 0 aliphatic heterocycles. The van der Waals surface area contributed by atoms with Gasteiger partial charge < -0.3 is 9.80 Å². The summed E-state index contributed by atoms with van der Waals surface area (Å²) >= 11 is 0. The Kier molecular flexibility index (Phi) is 4.08. The van der Waals surface area contributed by atoms with Crippen LogP contribution < -0.4 is 0 Å². The van der Waals surface area contributed by atoms with Gasteiger partial charge in [-0.25, -0.2) is 9.38 Å². The van der Waals surface area contributed by atoms with Gasteiger partial charge in [0.25, 0.3) is 0 Å². The maximum absolute atomic E-state index is 14.0. The molecule has 104 valence electrons. The average Bonchev–Trinajstić information content (AvgIpc) is 3.14. The molecule has 1 aliphatic carbocycles. The maximum Gasteiger partial charge on any atom is 0.195 e. The summed E-state index contributed by atoms with van der Waals surface area (Å²) in [7, 11) is 7.74. The fraction of sp³-hybridized carbons (Fsp3) is 0.533. The molecule has 4 heteroatoms. The molecule has 1 fully saturated rings. The Hall–Kier alpha value is -1.58. The van der Waals surface area contributed by atoms with Gasteiger partial charge in [0.1, 0.15) is 5.82 Å². The first-order valence-electron chi connectivity index (χ1n) is 6.66. The highest BCUT2D eigenvalue weighted by atomic mass is 19.1. The molecule has 1 aromatic carbocycles. The Morgan fingerprint density at radius 3 is 2.32 bits per heavy atom.